The number of aromatic nitrogens is 6. The van der Waals surface area contributed by atoms with Gasteiger partial charge in [0.25, 0.3) is 0 Å². The first-order chi connectivity index (χ1) is 45.5. The summed E-state index contributed by atoms with van der Waals surface area (Å²) in [6, 6.07) is 39.2. The topological polar surface area (TPSA) is 263 Å². The third kappa shape index (κ3) is 14.3. The van der Waals surface area contributed by atoms with Gasteiger partial charge in [-0.3, -0.25) is 38.8 Å². The number of hydrogen-bond donors (Lipinski definition) is 8. The highest BCUT2D eigenvalue weighted by Gasteiger charge is 2.49. The van der Waals surface area contributed by atoms with Gasteiger partial charge in [0, 0.05) is 133 Å². The number of carbonyl (C=O) groups is 4. The lowest BCUT2D eigenvalue weighted by Crippen LogP contribution is -2.53. The van der Waals surface area contributed by atoms with E-state index in [9.17, 15) is 44.8 Å². The molecule has 9 heterocycles. The van der Waals surface area contributed by atoms with Crippen molar-refractivity contribution < 1.29 is 53.9 Å². The molecule has 0 radical (unpaired) electrons. The summed E-state index contributed by atoms with van der Waals surface area (Å²) in [5.74, 6) is -4.25. The Labute approximate surface area is 550 Å². The largest absolute Gasteiger partial charge is 0.480 e. The summed E-state index contributed by atoms with van der Waals surface area (Å²) >= 11 is 0. The number of aromatic amines is 2. The zero-order chi connectivity index (χ0) is 66.9. The predicted octanol–water partition coefficient (Wildman–Crippen LogP) is 9.23. The molecule has 21 heteroatoms. The number of fused-ring (bicyclic) bond motifs is 9. The molecule has 21 nitrogen and oxygen atoms in total. The Morgan fingerprint density at radius 3 is 1.34 bits per heavy atom. The second-order valence-corrected chi connectivity index (χ2v) is 26.1. The highest BCUT2D eigenvalue weighted by Crippen LogP contribution is 2.50. The molecule has 0 aliphatic carbocycles. The van der Waals surface area contributed by atoms with E-state index in [2.05, 4.69) is 144 Å². The van der Waals surface area contributed by atoms with Gasteiger partial charge in [-0.15, -0.1) is 0 Å². The molecule has 1 unspecified atom stereocenters. The quantitative estimate of drug-likeness (QED) is 0.0395. The van der Waals surface area contributed by atoms with Crippen LogP contribution in [0.4, 0.5) is 5.69 Å². The van der Waals surface area contributed by atoms with Gasteiger partial charge in [-0.25, -0.2) is 19.1 Å². The number of aliphatic carboxylic acids is 4. The van der Waals surface area contributed by atoms with Crippen LogP contribution in [0.25, 0.3) is 90.9 Å². The SMILES string of the molecule is C[n+]1ccc(-c2c3nc(c(-c4ccc5c(c4)C(C)(C)N(O)C5(C)C)c4ccc([nH]4)c(-c4cc[n+](C)cc4)c4nc(c(-c5ccc(NCc6ccc(CC7CN(CC(=O)O)CCN(CC(=O)O)CCN(CC(=O)O)CCN7CC(=O)O)cc6)cc5)c5ccc2[nH]5)C=C4)C=C3)cc1. The Morgan fingerprint density at radius 1 is 0.484 bits per heavy atom. The summed E-state index contributed by atoms with van der Waals surface area (Å²) in [6.45, 7) is 8.83. The number of hydroxylamine groups is 2. The number of pyridine rings is 2. The minimum atomic E-state index is -1.07. The van der Waals surface area contributed by atoms with Crippen molar-refractivity contribution in [2.24, 2.45) is 14.1 Å². The summed E-state index contributed by atoms with van der Waals surface area (Å²) in [5, 5.41) is 56.2. The molecule has 8 bridgehead atoms. The monoisotopic (exact) mass is 1280 g/mol. The molecule has 488 valence electrons. The maximum Gasteiger partial charge on any atom is 0.317 e. The minimum Gasteiger partial charge on any atom is -0.480 e. The average molecular weight is 1280 g/mol. The summed E-state index contributed by atoms with van der Waals surface area (Å²) in [7, 11) is 4.00. The lowest BCUT2D eigenvalue weighted by atomic mass is 9.87. The van der Waals surface area contributed by atoms with E-state index in [4.69, 9.17) is 9.97 Å². The van der Waals surface area contributed by atoms with Crippen molar-refractivity contribution in [1.29, 1.82) is 0 Å². The van der Waals surface area contributed by atoms with Gasteiger partial charge in [-0.1, -0.05) is 48.5 Å². The highest BCUT2D eigenvalue weighted by molar-refractivity contribution is 6.00. The zero-order valence-corrected chi connectivity index (χ0v) is 54.3. The van der Waals surface area contributed by atoms with Crippen molar-refractivity contribution in [2.45, 2.75) is 57.8 Å². The molecule has 1 atom stereocenters. The third-order valence-electron chi connectivity index (χ3n) is 18.7. The Morgan fingerprint density at radius 2 is 0.874 bits per heavy atom. The molecule has 12 rings (SSSR count). The van der Waals surface area contributed by atoms with Crippen LogP contribution in [0.3, 0.4) is 0 Å². The number of hydrogen-bond acceptors (Lipinski definition) is 13. The number of carboxylic acid groups (broad SMARTS) is 4. The summed E-state index contributed by atoms with van der Waals surface area (Å²) in [6.07, 6.45) is 16.9. The van der Waals surface area contributed by atoms with Crippen molar-refractivity contribution in [2.75, 3.05) is 77.3 Å². The van der Waals surface area contributed by atoms with Crippen molar-refractivity contribution in [3.8, 4) is 44.5 Å². The van der Waals surface area contributed by atoms with E-state index in [1.807, 2.05) is 86.1 Å². The molecular formula is C74H80N12O9+2. The molecule has 1 saturated heterocycles. The van der Waals surface area contributed by atoms with Crippen LogP contribution in [0.15, 0.2) is 140 Å². The molecule has 0 saturated carbocycles. The predicted molar refractivity (Wildman–Crippen MR) is 365 cm³/mol. The number of anilines is 1. The van der Waals surface area contributed by atoms with Crippen LogP contribution >= 0.6 is 0 Å². The van der Waals surface area contributed by atoms with Crippen molar-refractivity contribution >= 4 is 75.9 Å². The lowest BCUT2D eigenvalue weighted by Gasteiger charge is -2.37. The van der Waals surface area contributed by atoms with Crippen LogP contribution < -0.4 is 14.5 Å². The Hall–Kier alpha value is -10.0. The van der Waals surface area contributed by atoms with Gasteiger partial charge in [0.05, 0.1) is 60.0 Å². The van der Waals surface area contributed by atoms with Crippen molar-refractivity contribution in [1.82, 2.24) is 44.6 Å². The fourth-order valence-electron chi connectivity index (χ4n) is 13.8. The number of benzene rings is 3. The van der Waals surface area contributed by atoms with E-state index < -0.39 is 41.0 Å². The van der Waals surface area contributed by atoms with E-state index in [0.29, 0.717) is 13.0 Å². The minimum absolute atomic E-state index is 0.174. The summed E-state index contributed by atoms with van der Waals surface area (Å²) in [4.78, 5) is 74.0. The van der Waals surface area contributed by atoms with Crippen molar-refractivity contribution in [3.63, 3.8) is 0 Å². The first-order valence-electron chi connectivity index (χ1n) is 32.0. The van der Waals surface area contributed by atoms with E-state index >= 15 is 0 Å². The maximum absolute atomic E-state index is 12.4. The third-order valence-corrected chi connectivity index (χ3v) is 18.7. The standard InChI is InChI=1S/C74H78N12O9/c1-73(2)55-16-13-52(40-56(55)74(3,4)86(73)95)72-63-23-21-61(78-63)70(50-25-29-80(5)30-26-50)59-19-17-57(76-59)69(58-18-20-60(77-58)71(62-22-24-64(72)79-62)51-27-31-81(6)32-28-51)49-11-14-53(15-12-49)75-41-48-9-7-47(8-10-48)39-54-42-84(45-67(91)92)36-35-82(43-65(87)88)33-34-83(44-66(89)90)37-38-85(54)46-68(93)94/h7-32,40,54,95H,33-39,41-46H2,1-6H3,(H5-,75,76,77,78,79,87,88,89,90,91,92,93,94)/p+2. The fraction of sp³-hybridized carbons (Fsp3) is 0.297. The van der Waals surface area contributed by atoms with E-state index in [1.165, 1.54) is 5.06 Å². The average Bonchev–Trinajstić information content (AvgIpc) is 1.57. The fourth-order valence-corrected chi connectivity index (χ4v) is 13.8. The molecule has 8 N–H and O–H groups in total. The molecule has 95 heavy (non-hydrogen) atoms. The van der Waals surface area contributed by atoms with Gasteiger partial charge in [0.15, 0.2) is 24.8 Å². The van der Waals surface area contributed by atoms with Gasteiger partial charge in [-0.05, 0) is 145 Å². The second-order valence-electron chi connectivity index (χ2n) is 26.1. The second kappa shape index (κ2) is 27.1. The molecule has 8 aromatic rings. The molecule has 1 fully saturated rings. The Balaban J connectivity index is 0.897. The number of H-pyrrole nitrogens is 2. The van der Waals surface area contributed by atoms with Crippen LogP contribution in [0.1, 0.15) is 72.7 Å². The Kier molecular flexibility index (Phi) is 18.6. The lowest BCUT2D eigenvalue weighted by molar-refractivity contribution is -0.671. The van der Waals surface area contributed by atoms with E-state index in [0.717, 1.165) is 117 Å². The van der Waals surface area contributed by atoms with Crippen LogP contribution in [0.5, 0.6) is 0 Å². The smallest absolute Gasteiger partial charge is 0.317 e. The molecular weight excluding hydrogens is 1200 g/mol. The molecule has 5 aromatic heterocycles. The van der Waals surface area contributed by atoms with Gasteiger partial charge in [0.1, 0.15) is 14.1 Å². The molecule has 0 spiro atoms. The maximum atomic E-state index is 12.4. The van der Waals surface area contributed by atoms with Crippen LogP contribution in [0.2, 0.25) is 0 Å². The zero-order valence-electron chi connectivity index (χ0n) is 54.3. The van der Waals surface area contributed by atoms with Gasteiger partial charge >= 0.3 is 23.9 Å². The number of nitrogens with zero attached hydrogens (tertiary/aromatic N) is 9. The highest BCUT2D eigenvalue weighted by atomic mass is 16.5. The first-order valence-corrected chi connectivity index (χ1v) is 32.0. The molecule has 0 amide bonds. The number of carboxylic acids is 4. The van der Waals surface area contributed by atoms with Crippen LogP contribution in [-0.4, -0.2) is 172 Å². The summed E-state index contributed by atoms with van der Waals surface area (Å²) < 4.78 is 4.03. The van der Waals surface area contributed by atoms with E-state index in [-0.39, 0.29) is 72.0 Å². The molecule has 4 aliphatic rings. The number of rotatable bonds is 17. The van der Waals surface area contributed by atoms with E-state index in [1.54, 1.807) is 19.6 Å². The van der Waals surface area contributed by atoms with Crippen LogP contribution in [-0.2, 0) is 57.3 Å². The van der Waals surface area contributed by atoms with Gasteiger partial charge in [-0.2, -0.15) is 5.06 Å². The van der Waals surface area contributed by atoms with Gasteiger partial charge in [0.2, 0.25) is 0 Å². The molecule has 4 aliphatic heterocycles. The van der Waals surface area contributed by atoms with Gasteiger partial charge < -0.3 is 40.9 Å². The normalized spacial score (nSPS) is 17.1. The number of aryl methyl sites for hydroxylation is 2. The summed E-state index contributed by atoms with van der Waals surface area (Å²) in [5.41, 5.74) is 17.6. The van der Waals surface area contributed by atoms with Crippen LogP contribution in [0, 0.1) is 0 Å². The van der Waals surface area contributed by atoms with Crippen molar-refractivity contribution in [3.05, 3.63) is 185 Å². The first kappa shape index (κ1) is 65.1. The Bertz CT molecular complexity index is 4440. The molecule has 3 aromatic carbocycles. The number of nitrogens with one attached hydrogen (secondary N) is 3.